The fourth-order valence-electron chi connectivity index (χ4n) is 4.87. The number of benzene rings is 1. The number of rotatable bonds is 12. The second-order valence-corrected chi connectivity index (χ2v) is 10.8. The summed E-state index contributed by atoms with van der Waals surface area (Å²) in [5, 5.41) is 0. The van der Waals surface area contributed by atoms with E-state index in [-0.39, 0.29) is 18.8 Å². The minimum Gasteiger partial charge on any atom is -0.487 e. The van der Waals surface area contributed by atoms with Crippen LogP contribution in [0.1, 0.15) is 94.9 Å². The SMILES string of the molecule is COCOc1c(C)c(C)c2c(c1C)CCC(C)(CC/C=C(\C)CC/C=C(/CCC=C(C)C)C(F)(F)F)O2. The van der Waals surface area contributed by atoms with Crippen LogP contribution in [0.25, 0.3) is 0 Å². The van der Waals surface area contributed by atoms with Crippen LogP contribution < -0.4 is 9.47 Å². The molecule has 1 aromatic rings. The van der Waals surface area contributed by atoms with Gasteiger partial charge in [-0.25, -0.2) is 0 Å². The Morgan fingerprint density at radius 3 is 2.24 bits per heavy atom. The predicted octanol–water partition coefficient (Wildman–Crippen LogP) is 9.42. The summed E-state index contributed by atoms with van der Waals surface area (Å²) >= 11 is 0. The molecule has 1 aliphatic heterocycles. The van der Waals surface area contributed by atoms with Gasteiger partial charge in [0.25, 0.3) is 0 Å². The van der Waals surface area contributed by atoms with Gasteiger partial charge in [0.2, 0.25) is 0 Å². The van der Waals surface area contributed by atoms with E-state index in [1.54, 1.807) is 7.11 Å². The van der Waals surface area contributed by atoms with Crippen molar-refractivity contribution in [1.82, 2.24) is 0 Å². The zero-order chi connectivity index (χ0) is 27.8. The number of halogens is 3. The average molecular weight is 523 g/mol. The quantitative estimate of drug-likeness (QED) is 0.202. The highest BCUT2D eigenvalue weighted by atomic mass is 19.4. The Hall–Kier alpha value is -2.21. The first-order chi connectivity index (χ1) is 17.3. The van der Waals surface area contributed by atoms with Crippen molar-refractivity contribution in [3.63, 3.8) is 0 Å². The lowest BCUT2D eigenvalue weighted by Crippen LogP contribution is -2.37. The number of ether oxygens (including phenoxy) is 3. The van der Waals surface area contributed by atoms with E-state index in [1.807, 2.05) is 26.8 Å². The molecule has 208 valence electrons. The third-order valence-corrected chi connectivity index (χ3v) is 7.31. The third kappa shape index (κ3) is 8.94. The van der Waals surface area contributed by atoms with Crippen LogP contribution in [-0.4, -0.2) is 25.7 Å². The lowest BCUT2D eigenvalue weighted by Gasteiger charge is -2.38. The minimum absolute atomic E-state index is 0.0347. The van der Waals surface area contributed by atoms with Crippen LogP contribution in [0.3, 0.4) is 0 Å². The molecule has 0 aromatic heterocycles. The lowest BCUT2D eigenvalue weighted by molar-refractivity contribution is -0.0941. The maximum atomic E-state index is 13.4. The largest absolute Gasteiger partial charge is 0.487 e. The van der Waals surface area contributed by atoms with Gasteiger partial charge in [-0.2, -0.15) is 13.2 Å². The smallest absolute Gasteiger partial charge is 0.412 e. The normalized spacial score (nSPS) is 18.4. The van der Waals surface area contributed by atoms with Crippen LogP contribution in [0.4, 0.5) is 13.2 Å². The van der Waals surface area contributed by atoms with Crippen LogP contribution in [0, 0.1) is 20.8 Å². The van der Waals surface area contributed by atoms with Gasteiger partial charge in [0.15, 0.2) is 6.79 Å². The lowest BCUT2D eigenvalue weighted by atomic mass is 9.85. The van der Waals surface area contributed by atoms with Gasteiger partial charge in [0.05, 0.1) is 0 Å². The molecule has 2 rings (SSSR count). The van der Waals surface area contributed by atoms with E-state index in [2.05, 4.69) is 33.8 Å². The van der Waals surface area contributed by atoms with Gasteiger partial charge in [-0.15, -0.1) is 0 Å². The molecule has 0 saturated heterocycles. The Kier molecular flexibility index (Phi) is 11.4. The van der Waals surface area contributed by atoms with Gasteiger partial charge in [-0.1, -0.05) is 29.4 Å². The number of allylic oxidation sites excluding steroid dienone is 6. The number of fused-ring (bicyclic) bond motifs is 1. The summed E-state index contributed by atoms with van der Waals surface area (Å²) in [5.41, 5.74) is 5.94. The third-order valence-electron chi connectivity index (χ3n) is 7.31. The van der Waals surface area contributed by atoms with E-state index < -0.39 is 11.7 Å². The summed E-state index contributed by atoms with van der Waals surface area (Å²) in [4.78, 5) is 0. The monoisotopic (exact) mass is 522 g/mol. The molecule has 0 aliphatic carbocycles. The van der Waals surface area contributed by atoms with Crippen molar-refractivity contribution in [3.05, 3.63) is 57.2 Å². The maximum absolute atomic E-state index is 13.4. The molecule has 1 aliphatic rings. The van der Waals surface area contributed by atoms with Crippen molar-refractivity contribution in [3.8, 4) is 11.5 Å². The van der Waals surface area contributed by atoms with Crippen LogP contribution >= 0.6 is 0 Å². The Labute approximate surface area is 221 Å². The van der Waals surface area contributed by atoms with Crippen molar-refractivity contribution < 1.29 is 27.4 Å². The van der Waals surface area contributed by atoms with Crippen molar-refractivity contribution >= 4 is 0 Å². The van der Waals surface area contributed by atoms with Crippen LogP contribution in [-0.2, 0) is 11.2 Å². The topological polar surface area (TPSA) is 27.7 Å². The van der Waals surface area contributed by atoms with E-state index in [0.29, 0.717) is 19.3 Å². The predicted molar refractivity (Wildman–Crippen MR) is 146 cm³/mol. The van der Waals surface area contributed by atoms with Crippen LogP contribution in [0.15, 0.2) is 34.9 Å². The molecule has 1 aromatic carbocycles. The van der Waals surface area contributed by atoms with Gasteiger partial charge in [-0.3, -0.25) is 0 Å². The molecule has 0 radical (unpaired) electrons. The average Bonchev–Trinajstić information content (AvgIpc) is 2.80. The molecular weight excluding hydrogens is 477 g/mol. The Bertz CT molecular complexity index is 1010. The molecule has 0 amide bonds. The van der Waals surface area contributed by atoms with Crippen molar-refractivity contribution in [2.45, 2.75) is 112 Å². The Morgan fingerprint density at radius 2 is 1.62 bits per heavy atom. The highest BCUT2D eigenvalue weighted by Crippen LogP contribution is 2.44. The first-order valence-electron chi connectivity index (χ1n) is 13.3. The molecule has 6 heteroatoms. The van der Waals surface area contributed by atoms with Crippen LogP contribution in [0.5, 0.6) is 11.5 Å². The fraction of sp³-hybridized carbons (Fsp3) is 0.613. The molecule has 0 saturated carbocycles. The van der Waals surface area contributed by atoms with Crippen molar-refractivity contribution in [2.24, 2.45) is 0 Å². The first kappa shape index (κ1) is 31.0. The molecule has 1 unspecified atom stereocenters. The highest BCUT2D eigenvalue weighted by Gasteiger charge is 2.34. The number of hydrogen-bond donors (Lipinski definition) is 0. The van der Waals surface area contributed by atoms with Gasteiger partial charge >= 0.3 is 6.18 Å². The van der Waals surface area contributed by atoms with E-state index in [4.69, 9.17) is 14.2 Å². The fourth-order valence-corrected chi connectivity index (χ4v) is 4.87. The number of hydrogen-bond acceptors (Lipinski definition) is 3. The summed E-state index contributed by atoms with van der Waals surface area (Å²) in [5.74, 6) is 1.84. The summed E-state index contributed by atoms with van der Waals surface area (Å²) in [6.45, 7) is 14.4. The number of methoxy groups -OCH3 is 1. The first-order valence-corrected chi connectivity index (χ1v) is 13.3. The van der Waals surface area contributed by atoms with E-state index in [0.717, 1.165) is 65.0 Å². The minimum atomic E-state index is -4.26. The Balaban J connectivity index is 1.99. The second kappa shape index (κ2) is 13.5. The Morgan fingerprint density at radius 1 is 0.946 bits per heavy atom. The highest BCUT2D eigenvalue weighted by molar-refractivity contribution is 5.59. The van der Waals surface area contributed by atoms with E-state index in [9.17, 15) is 13.2 Å². The summed E-state index contributed by atoms with van der Waals surface area (Å²) in [6.07, 6.45) is 6.12. The molecule has 3 nitrogen and oxygen atoms in total. The summed E-state index contributed by atoms with van der Waals surface area (Å²) in [7, 11) is 1.62. The summed E-state index contributed by atoms with van der Waals surface area (Å²) in [6, 6.07) is 0. The van der Waals surface area contributed by atoms with Crippen molar-refractivity contribution in [2.75, 3.05) is 13.9 Å². The van der Waals surface area contributed by atoms with Crippen molar-refractivity contribution in [1.29, 1.82) is 0 Å². The second-order valence-electron chi connectivity index (χ2n) is 10.8. The van der Waals surface area contributed by atoms with Gasteiger partial charge in [-0.05, 0) is 117 Å². The van der Waals surface area contributed by atoms with Gasteiger partial charge in [0, 0.05) is 18.2 Å². The zero-order valence-electron chi connectivity index (χ0n) is 24.0. The molecule has 0 spiro atoms. The molecule has 0 bridgehead atoms. The molecule has 37 heavy (non-hydrogen) atoms. The summed E-state index contributed by atoms with van der Waals surface area (Å²) < 4.78 is 57.6. The number of alkyl halides is 3. The van der Waals surface area contributed by atoms with Gasteiger partial charge in [0.1, 0.15) is 17.1 Å². The molecule has 0 N–H and O–H groups in total. The van der Waals surface area contributed by atoms with E-state index in [1.165, 1.54) is 11.6 Å². The molecule has 1 atom stereocenters. The maximum Gasteiger partial charge on any atom is 0.412 e. The molecule has 0 fully saturated rings. The zero-order valence-corrected chi connectivity index (χ0v) is 24.0. The van der Waals surface area contributed by atoms with E-state index >= 15 is 0 Å². The van der Waals surface area contributed by atoms with Gasteiger partial charge < -0.3 is 14.2 Å². The molecular formula is C31H45F3O3. The molecule has 1 heterocycles. The van der Waals surface area contributed by atoms with Crippen LogP contribution in [0.2, 0.25) is 0 Å². The standard InChI is InChI=1S/C31H45F3O3/c1-21(2)12-9-15-26(31(32,33)34)16-10-13-22(3)14-11-18-30(7)19-17-27-25(6)28(36-20-35-8)23(4)24(5)29(27)37-30/h12,14,16H,9-11,13,15,17-20H2,1-8H3/b22-14+,26-16-.